The predicted octanol–water partition coefficient (Wildman–Crippen LogP) is 2.38. The van der Waals surface area contributed by atoms with Gasteiger partial charge in [0.2, 0.25) is 17.7 Å². The van der Waals surface area contributed by atoms with E-state index in [4.69, 9.17) is 0 Å². The summed E-state index contributed by atoms with van der Waals surface area (Å²) in [5.41, 5.74) is 1.24. The van der Waals surface area contributed by atoms with Gasteiger partial charge in [-0.1, -0.05) is 72.2 Å². The first kappa shape index (κ1) is 33.6. The van der Waals surface area contributed by atoms with E-state index in [9.17, 15) is 24.3 Å². The fourth-order valence-corrected chi connectivity index (χ4v) is 5.23. The van der Waals surface area contributed by atoms with E-state index in [0.29, 0.717) is 12.8 Å². The van der Waals surface area contributed by atoms with E-state index in [-0.39, 0.29) is 24.1 Å². The third kappa shape index (κ3) is 8.59. The standard InChI is InChI=1S/C32H46N6O5/c1-8-11-23(20(4)39)35-29(41)25-16-21-12-9-10-13-22(21)18-38(25)31(43)27(32(5,6)7)37-30(42)26(19(2)3)36-28(40)24-17-33-14-15-34-24/h9-10,12-15,17,19-20,23,25-27,39H,8,11,16,18H2,1-7H3,(H,35,41)(H,36,40)(H,37,42)/t20?,23-,25-,26-,27+/m0/s1. The maximum Gasteiger partial charge on any atom is 0.272 e. The maximum absolute atomic E-state index is 14.4. The van der Waals surface area contributed by atoms with Gasteiger partial charge in [0.15, 0.2) is 0 Å². The molecule has 0 saturated carbocycles. The van der Waals surface area contributed by atoms with E-state index in [2.05, 4.69) is 25.9 Å². The molecule has 1 aromatic heterocycles. The molecule has 2 aromatic rings. The Labute approximate surface area is 254 Å². The van der Waals surface area contributed by atoms with E-state index in [0.717, 1.165) is 17.5 Å². The maximum atomic E-state index is 14.4. The number of fused-ring (bicyclic) bond motifs is 1. The fourth-order valence-electron chi connectivity index (χ4n) is 5.23. The molecule has 1 aromatic carbocycles. The molecule has 3 rings (SSSR count). The van der Waals surface area contributed by atoms with Crippen molar-refractivity contribution >= 4 is 23.6 Å². The summed E-state index contributed by atoms with van der Waals surface area (Å²) in [7, 11) is 0. The van der Waals surface area contributed by atoms with Crippen LogP contribution >= 0.6 is 0 Å². The molecule has 0 saturated heterocycles. The molecule has 11 heteroatoms. The Morgan fingerprint density at radius 3 is 2.26 bits per heavy atom. The number of carbonyl (C=O) groups excluding carboxylic acids is 4. The van der Waals surface area contributed by atoms with Crippen LogP contribution in [0.5, 0.6) is 0 Å². The lowest BCUT2D eigenvalue weighted by Crippen LogP contribution is -2.63. The van der Waals surface area contributed by atoms with Crippen LogP contribution in [0.15, 0.2) is 42.9 Å². The minimum atomic E-state index is -1.00. The molecular weight excluding hydrogens is 548 g/mol. The van der Waals surface area contributed by atoms with Crippen molar-refractivity contribution in [3.05, 3.63) is 59.7 Å². The Morgan fingerprint density at radius 1 is 1.02 bits per heavy atom. The normalized spacial score (nSPS) is 17.7. The van der Waals surface area contributed by atoms with Crippen molar-refractivity contribution in [3.8, 4) is 0 Å². The lowest BCUT2D eigenvalue weighted by Gasteiger charge is -2.41. The van der Waals surface area contributed by atoms with Crippen molar-refractivity contribution in [1.82, 2.24) is 30.8 Å². The summed E-state index contributed by atoms with van der Waals surface area (Å²) in [6.45, 7) is 12.9. The van der Waals surface area contributed by atoms with E-state index >= 15 is 0 Å². The predicted molar refractivity (Wildman–Crippen MR) is 163 cm³/mol. The first-order valence-corrected chi connectivity index (χ1v) is 15.0. The molecule has 2 heterocycles. The van der Waals surface area contributed by atoms with Crippen LogP contribution in [0.25, 0.3) is 0 Å². The molecule has 234 valence electrons. The highest BCUT2D eigenvalue weighted by molar-refractivity contribution is 5.98. The summed E-state index contributed by atoms with van der Waals surface area (Å²) in [5, 5.41) is 18.9. The summed E-state index contributed by atoms with van der Waals surface area (Å²) in [6, 6.07) is 4.44. The monoisotopic (exact) mass is 594 g/mol. The molecular formula is C32H46N6O5. The number of aliphatic hydroxyl groups excluding tert-OH is 1. The van der Waals surface area contributed by atoms with Gasteiger partial charge in [-0.2, -0.15) is 0 Å². The first-order valence-electron chi connectivity index (χ1n) is 15.0. The third-order valence-electron chi connectivity index (χ3n) is 7.78. The summed E-state index contributed by atoms with van der Waals surface area (Å²) in [4.78, 5) is 64.0. The number of amides is 4. The Balaban J connectivity index is 1.90. The van der Waals surface area contributed by atoms with Gasteiger partial charge in [0.05, 0.1) is 18.3 Å². The molecule has 0 fully saturated rings. The highest BCUT2D eigenvalue weighted by atomic mass is 16.3. The average molecular weight is 595 g/mol. The number of nitrogens with zero attached hydrogens (tertiary/aromatic N) is 3. The van der Waals surface area contributed by atoms with Gasteiger partial charge in [-0.25, -0.2) is 4.98 Å². The third-order valence-corrected chi connectivity index (χ3v) is 7.78. The minimum absolute atomic E-state index is 0.0730. The second kappa shape index (κ2) is 14.5. The van der Waals surface area contributed by atoms with Crippen LogP contribution in [0, 0.1) is 11.3 Å². The Kier molecular flexibility index (Phi) is 11.4. The number of hydrogen-bond acceptors (Lipinski definition) is 7. The van der Waals surface area contributed by atoms with Gasteiger partial charge < -0.3 is 26.0 Å². The van der Waals surface area contributed by atoms with Crippen molar-refractivity contribution in [2.24, 2.45) is 11.3 Å². The van der Waals surface area contributed by atoms with Gasteiger partial charge in [0.1, 0.15) is 23.8 Å². The lowest BCUT2D eigenvalue weighted by atomic mass is 9.83. The minimum Gasteiger partial charge on any atom is -0.391 e. The lowest BCUT2D eigenvalue weighted by molar-refractivity contribution is -0.147. The van der Waals surface area contributed by atoms with Crippen molar-refractivity contribution < 1.29 is 24.3 Å². The molecule has 43 heavy (non-hydrogen) atoms. The molecule has 0 aliphatic carbocycles. The number of benzene rings is 1. The Morgan fingerprint density at radius 2 is 1.70 bits per heavy atom. The molecule has 11 nitrogen and oxygen atoms in total. The molecule has 1 aliphatic heterocycles. The van der Waals surface area contributed by atoms with Crippen LogP contribution < -0.4 is 16.0 Å². The number of aliphatic hydroxyl groups is 1. The first-order chi connectivity index (χ1) is 20.2. The Bertz CT molecular complexity index is 1280. The molecule has 4 N–H and O–H groups in total. The summed E-state index contributed by atoms with van der Waals surface area (Å²) in [5.74, 6) is -2.12. The van der Waals surface area contributed by atoms with Gasteiger partial charge in [0.25, 0.3) is 5.91 Å². The summed E-state index contributed by atoms with van der Waals surface area (Å²) in [6.07, 6.45) is 5.07. The summed E-state index contributed by atoms with van der Waals surface area (Å²) < 4.78 is 0. The second-order valence-electron chi connectivity index (χ2n) is 12.7. The van der Waals surface area contributed by atoms with Gasteiger partial charge >= 0.3 is 0 Å². The average Bonchev–Trinajstić information content (AvgIpc) is 2.96. The molecule has 0 radical (unpaired) electrons. The zero-order valence-corrected chi connectivity index (χ0v) is 26.3. The summed E-state index contributed by atoms with van der Waals surface area (Å²) >= 11 is 0. The number of rotatable bonds is 11. The van der Waals surface area contributed by atoms with Crippen LogP contribution in [-0.2, 0) is 27.3 Å². The van der Waals surface area contributed by atoms with Gasteiger partial charge in [-0.05, 0) is 35.8 Å². The van der Waals surface area contributed by atoms with Gasteiger partial charge in [-0.15, -0.1) is 0 Å². The van der Waals surface area contributed by atoms with E-state index < -0.39 is 53.4 Å². The number of hydrogen-bond donors (Lipinski definition) is 4. The van der Waals surface area contributed by atoms with E-state index in [1.165, 1.54) is 23.5 Å². The van der Waals surface area contributed by atoms with E-state index in [1.54, 1.807) is 20.8 Å². The highest BCUT2D eigenvalue weighted by Gasteiger charge is 2.43. The van der Waals surface area contributed by atoms with Crippen LogP contribution in [0.1, 0.15) is 82.9 Å². The molecule has 1 unspecified atom stereocenters. The largest absolute Gasteiger partial charge is 0.391 e. The fraction of sp³-hybridized carbons (Fsp3) is 0.562. The smallest absolute Gasteiger partial charge is 0.272 e. The molecule has 5 atom stereocenters. The Hall–Kier alpha value is -3.86. The SMILES string of the molecule is CCC[C@H](NC(=O)[C@@H]1Cc2ccccc2CN1C(=O)[C@@H](NC(=O)[C@@H](NC(=O)c1cnccn1)C(C)C)C(C)(C)C)C(C)O. The van der Waals surface area contributed by atoms with Gasteiger partial charge in [-0.3, -0.25) is 24.2 Å². The topological polar surface area (TPSA) is 154 Å². The number of carbonyl (C=O) groups is 4. The van der Waals surface area contributed by atoms with Crippen LogP contribution in [0.3, 0.4) is 0 Å². The van der Waals surface area contributed by atoms with Crippen molar-refractivity contribution in [2.45, 2.75) is 105 Å². The second-order valence-corrected chi connectivity index (χ2v) is 12.7. The number of nitrogens with one attached hydrogen (secondary N) is 3. The quantitative estimate of drug-likeness (QED) is 0.312. The zero-order valence-electron chi connectivity index (χ0n) is 26.3. The molecule has 0 spiro atoms. The molecule has 0 bridgehead atoms. The van der Waals surface area contributed by atoms with Crippen LogP contribution in [0.2, 0.25) is 0 Å². The van der Waals surface area contributed by atoms with Crippen molar-refractivity contribution in [2.75, 3.05) is 0 Å². The van der Waals surface area contributed by atoms with Crippen molar-refractivity contribution in [1.29, 1.82) is 0 Å². The van der Waals surface area contributed by atoms with Gasteiger partial charge in [0, 0.05) is 25.4 Å². The number of aromatic nitrogens is 2. The zero-order chi connectivity index (χ0) is 31.9. The van der Waals surface area contributed by atoms with E-state index in [1.807, 2.05) is 52.0 Å². The molecule has 4 amide bonds. The van der Waals surface area contributed by atoms with Crippen LogP contribution in [0.4, 0.5) is 0 Å². The highest BCUT2D eigenvalue weighted by Crippen LogP contribution is 2.29. The molecule has 1 aliphatic rings. The van der Waals surface area contributed by atoms with Crippen LogP contribution in [-0.4, -0.2) is 73.9 Å². The van der Waals surface area contributed by atoms with Crippen molar-refractivity contribution in [3.63, 3.8) is 0 Å².